The predicted molar refractivity (Wildman–Crippen MR) is 68.7 cm³/mol. The van der Waals surface area contributed by atoms with Gasteiger partial charge in [-0.3, -0.25) is 0 Å². The summed E-state index contributed by atoms with van der Waals surface area (Å²) in [4.78, 5) is 7.95. The summed E-state index contributed by atoms with van der Waals surface area (Å²) in [6.45, 7) is 7.68. The highest BCUT2D eigenvalue weighted by Crippen LogP contribution is 2.14. The van der Waals surface area contributed by atoms with Gasteiger partial charge in [0.15, 0.2) is 11.6 Å². The van der Waals surface area contributed by atoms with Crippen LogP contribution < -0.4 is 10.6 Å². The molecule has 0 aliphatic heterocycles. The van der Waals surface area contributed by atoms with Crippen LogP contribution >= 0.6 is 0 Å². The van der Waals surface area contributed by atoms with Gasteiger partial charge in [-0.2, -0.15) is 4.98 Å². The van der Waals surface area contributed by atoms with Crippen molar-refractivity contribution < 1.29 is 4.39 Å². The third-order valence-electron chi connectivity index (χ3n) is 2.79. The van der Waals surface area contributed by atoms with E-state index in [2.05, 4.69) is 34.4 Å². The van der Waals surface area contributed by atoms with Crippen LogP contribution in [0.4, 0.5) is 16.2 Å². The lowest BCUT2D eigenvalue weighted by atomic mass is 10.0. The Morgan fingerprint density at radius 2 is 1.94 bits per heavy atom. The van der Waals surface area contributed by atoms with Gasteiger partial charge >= 0.3 is 0 Å². The van der Waals surface area contributed by atoms with Crippen LogP contribution in [0.1, 0.15) is 33.6 Å². The van der Waals surface area contributed by atoms with E-state index >= 15 is 0 Å². The Kier molecular flexibility index (Phi) is 5.66. The first-order valence-corrected chi connectivity index (χ1v) is 6.21. The van der Waals surface area contributed by atoms with Gasteiger partial charge in [-0.05, 0) is 12.8 Å². The summed E-state index contributed by atoms with van der Waals surface area (Å²) in [7, 11) is 0. The molecule has 5 heteroatoms. The van der Waals surface area contributed by atoms with Crippen molar-refractivity contribution in [3.05, 3.63) is 12.0 Å². The second-order valence-electron chi connectivity index (χ2n) is 3.98. The molecule has 96 valence electrons. The van der Waals surface area contributed by atoms with Crippen LogP contribution in [0.25, 0.3) is 0 Å². The average Bonchev–Trinajstić information content (AvgIpc) is 2.34. The fourth-order valence-corrected chi connectivity index (χ4v) is 1.55. The van der Waals surface area contributed by atoms with E-state index in [1.165, 1.54) is 6.20 Å². The summed E-state index contributed by atoms with van der Waals surface area (Å²) in [6.07, 6.45) is 3.35. The van der Waals surface area contributed by atoms with E-state index in [-0.39, 0.29) is 5.82 Å². The second-order valence-corrected chi connectivity index (χ2v) is 3.98. The van der Waals surface area contributed by atoms with Crippen LogP contribution in [0.15, 0.2) is 6.20 Å². The minimum atomic E-state index is -0.405. The van der Waals surface area contributed by atoms with Crippen molar-refractivity contribution in [2.24, 2.45) is 5.92 Å². The molecule has 0 aliphatic carbocycles. The van der Waals surface area contributed by atoms with E-state index in [1.807, 2.05) is 6.92 Å². The fourth-order valence-electron chi connectivity index (χ4n) is 1.55. The minimum Gasteiger partial charge on any atom is -0.367 e. The number of rotatable bonds is 7. The SMILES string of the molecule is CCNc1ncc(F)c(NCC(CC)CC)n1. The monoisotopic (exact) mass is 240 g/mol. The number of nitrogens with one attached hydrogen (secondary N) is 2. The molecule has 0 spiro atoms. The number of halogens is 1. The van der Waals surface area contributed by atoms with Gasteiger partial charge in [0.2, 0.25) is 5.95 Å². The van der Waals surface area contributed by atoms with Crippen molar-refractivity contribution in [1.82, 2.24) is 9.97 Å². The lowest BCUT2D eigenvalue weighted by Crippen LogP contribution is -2.15. The maximum Gasteiger partial charge on any atom is 0.224 e. The smallest absolute Gasteiger partial charge is 0.224 e. The fraction of sp³-hybridized carbons (Fsp3) is 0.667. The summed E-state index contributed by atoms with van der Waals surface area (Å²) in [5.41, 5.74) is 0. The molecule has 0 fully saturated rings. The van der Waals surface area contributed by atoms with E-state index in [1.54, 1.807) is 0 Å². The lowest BCUT2D eigenvalue weighted by Gasteiger charge is -2.14. The zero-order valence-electron chi connectivity index (χ0n) is 10.8. The Morgan fingerprint density at radius 1 is 1.24 bits per heavy atom. The maximum absolute atomic E-state index is 13.5. The zero-order chi connectivity index (χ0) is 12.7. The molecule has 0 amide bonds. The number of hydrogen-bond acceptors (Lipinski definition) is 4. The van der Waals surface area contributed by atoms with Crippen molar-refractivity contribution in [3.63, 3.8) is 0 Å². The van der Waals surface area contributed by atoms with Crippen molar-refractivity contribution in [2.45, 2.75) is 33.6 Å². The van der Waals surface area contributed by atoms with Gasteiger partial charge in [-0.25, -0.2) is 9.37 Å². The van der Waals surface area contributed by atoms with Crippen LogP contribution in [-0.4, -0.2) is 23.1 Å². The van der Waals surface area contributed by atoms with Gasteiger partial charge in [0.05, 0.1) is 6.20 Å². The molecular weight excluding hydrogens is 219 g/mol. The first-order valence-electron chi connectivity index (χ1n) is 6.21. The van der Waals surface area contributed by atoms with E-state index in [0.29, 0.717) is 11.9 Å². The number of hydrogen-bond donors (Lipinski definition) is 2. The molecule has 0 atom stereocenters. The van der Waals surface area contributed by atoms with E-state index in [0.717, 1.165) is 25.9 Å². The molecule has 4 nitrogen and oxygen atoms in total. The Morgan fingerprint density at radius 3 is 2.53 bits per heavy atom. The topological polar surface area (TPSA) is 49.8 Å². The first kappa shape index (κ1) is 13.7. The summed E-state index contributed by atoms with van der Waals surface area (Å²) in [5.74, 6) is 0.883. The van der Waals surface area contributed by atoms with E-state index in [4.69, 9.17) is 0 Å². The molecule has 0 unspecified atom stereocenters. The van der Waals surface area contributed by atoms with Gasteiger partial charge in [-0.1, -0.05) is 26.7 Å². The van der Waals surface area contributed by atoms with Crippen molar-refractivity contribution >= 4 is 11.8 Å². The average molecular weight is 240 g/mol. The van der Waals surface area contributed by atoms with Crippen molar-refractivity contribution in [3.8, 4) is 0 Å². The van der Waals surface area contributed by atoms with Gasteiger partial charge in [0.25, 0.3) is 0 Å². The summed E-state index contributed by atoms with van der Waals surface area (Å²) < 4.78 is 13.5. The third-order valence-corrected chi connectivity index (χ3v) is 2.79. The van der Waals surface area contributed by atoms with E-state index < -0.39 is 5.82 Å². The molecule has 0 bridgehead atoms. The predicted octanol–water partition coefficient (Wildman–Crippen LogP) is 2.90. The van der Waals surface area contributed by atoms with Crippen LogP contribution in [0.3, 0.4) is 0 Å². The minimum absolute atomic E-state index is 0.280. The summed E-state index contributed by atoms with van der Waals surface area (Å²) in [5, 5.41) is 6.01. The van der Waals surface area contributed by atoms with Gasteiger partial charge in [-0.15, -0.1) is 0 Å². The molecule has 1 heterocycles. The largest absolute Gasteiger partial charge is 0.367 e. The second kappa shape index (κ2) is 7.04. The van der Waals surface area contributed by atoms with Crippen molar-refractivity contribution in [2.75, 3.05) is 23.7 Å². The van der Waals surface area contributed by atoms with Crippen LogP contribution in [0.2, 0.25) is 0 Å². The molecule has 17 heavy (non-hydrogen) atoms. The third kappa shape index (κ3) is 4.17. The Balaban J connectivity index is 2.65. The zero-order valence-corrected chi connectivity index (χ0v) is 10.8. The molecule has 0 aliphatic rings. The maximum atomic E-state index is 13.5. The lowest BCUT2D eigenvalue weighted by molar-refractivity contribution is 0.515. The van der Waals surface area contributed by atoms with Gasteiger partial charge in [0.1, 0.15) is 0 Å². The molecular formula is C12H21FN4. The molecule has 0 radical (unpaired) electrons. The van der Waals surface area contributed by atoms with Crippen LogP contribution in [0.5, 0.6) is 0 Å². The quantitative estimate of drug-likeness (QED) is 0.769. The molecule has 1 aromatic heterocycles. The Bertz CT molecular complexity index is 339. The van der Waals surface area contributed by atoms with Gasteiger partial charge < -0.3 is 10.6 Å². The first-order chi connectivity index (χ1) is 8.21. The Labute approximate surface area is 102 Å². The highest BCUT2D eigenvalue weighted by molar-refractivity contribution is 5.40. The van der Waals surface area contributed by atoms with Crippen molar-refractivity contribution in [1.29, 1.82) is 0 Å². The molecule has 1 aromatic rings. The molecule has 0 saturated heterocycles. The van der Waals surface area contributed by atoms with Crippen LogP contribution in [0, 0.1) is 11.7 Å². The summed E-state index contributed by atoms with van der Waals surface area (Å²) in [6, 6.07) is 0. The highest BCUT2D eigenvalue weighted by Gasteiger charge is 2.08. The molecule has 2 N–H and O–H groups in total. The molecule has 1 rings (SSSR count). The molecule has 0 aromatic carbocycles. The number of nitrogens with zero attached hydrogens (tertiary/aromatic N) is 2. The summed E-state index contributed by atoms with van der Waals surface area (Å²) >= 11 is 0. The van der Waals surface area contributed by atoms with E-state index in [9.17, 15) is 4.39 Å². The highest BCUT2D eigenvalue weighted by atomic mass is 19.1. The van der Waals surface area contributed by atoms with Crippen LogP contribution in [-0.2, 0) is 0 Å². The Hall–Kier alpha value is -1.39. The molecule has 0 saturated carbocycles. The normalized spacial score (nSPS) is 10.6. The standard InChI is InChI=1S/C12H21FN4/c1-4-9(5-2)7-15-11-10(13)8-16-12(17-11)14-6-3/h8-9H,4-7H2,1-3H3,(H2,14,15,16,17). The van der Waals surface area contributed by atoms with Gasteiger partial charge in [0, 0.05) is 13.1 Å². The number of aromatic nitrogens is 2. The number of anilines is 2.